The highest BCUT2D eigenvalue weighted by Crippen LogP contribution is 2.24. The summed E-state index contributed by atoms with van der Waals surface area (Å²) in [5.41, 5.74) is 0. The van der Waals surface area contributed by atoms with Gasteiger partial charge in [0.05, 0.1) is 6.10 Å². The van der Waals surface area contributed by atoms with Crippen LogP contribution in [0.1, 0.15) is 32.1 Å². The van der Waals surface area contributed by atoms with E-state index in [0.717, 1.165) is 44.7 Å². The highest BCUT2D eigenvalue weighted by molar-refractivity contribution is 5.76. The predicted octanol–water partition coefficient (Wildman–Crippen LogP) is 1.07. The fraction of sp³-hybridized carbons (Fsp3) is 0.688. The Morgan fingerprint density at radius 2 is 1.73 bits per heavy atom. The topological polar surface area (TPSA) is 69.6 Å². The molecule has 0 bridgehead atoms. The minimum absolute atomic E-state index is 0.224. The average Bonchev–Trinajstić information content (AvgIpc) is 2.57. The third kappa shape index (κ3) is 3.74. The molecule has 2 aliphatic heterocycles. The van der Waals surface area contributed by atoms with E-state index in [1.165, 1.54) is 0 Å². The molecule has 1 aromatic rings. The number of hydrogen-bond acceptors (Lipinski definition) is 5. The van der Waals surface area contributed by atoms with Gasteiger partial charge in [0.1, 0.15) is 0 Å². The summed E-state index contributed by atoms with van der Waals surface area (Å²) in [6, 6.07) is 1.82. The first-order valence-electron chi connectivity index (χ1n) is 8.20. The van der Waals surface area contributed by atoms with Crippen molar-refractivity contribution in [3.63, 3.8) is 0 Å². The van der Waals surface area contributed by atoms with Gasteiger partial charge in [0.15, 0.2) is 0 Å². The molecule has 22 heavy (non-hydrogen) atoms. The SMILES string of the molecule is O=C(CC1CCN(c2ncccn2)CC1)N1CCC(O)CC1. The molecule has 1 amide bonds. The standard InChI is InChI=1S/C16H24N4O2/c21-14-4-10-19(11-5-14)15(22)12-13-2-8-20(9-3-13)16-17-6-1-7-18-16/h1,6-7,13-14,21H,2-5,8-12H2. The molecule has 1 aromatic heterocycles. The summed E-state index contributed by atoms with van der Waals surface area (Å²) in [5, 5.41) is 9.51. The summed E-state index contributed by atoms with van der Waals surface area (Å²) in [6.45, 7) is 3.24. The molecule has 2 fully saturated rings. The Balaban J connectivity index is 1.45. The van der Waals surface area contributed by atoms with E-state index < -0.39 is 0 Å². The van der Waals surface area contributed by atoms with Gasteiger partial charge in [-0.1, -0.05) is 0 Å². The lowest BCUT2D eigenvalue weighted by Crippen LogP contribution is -2.42. The van der Waals surface area contributed by atoms with E-state index >= 15 is 0 Å². The van der Waals surface area contributed by atoms with E-state index in [2.05, 4.69) is 14.9 Å². The fourth-order valence-electron chi connectivity index (χ4n) is 3.28. The first-order valence-corrected chi connectivity index (χ1v) is 8.20. The molecule has 0 saturated carbocycles. The molecule has 3 heterocycles. The highest BCUT2D eigenvalue weighted by Gasteiger charge is 2.26. The largest absolute Gasteiger partial charge is 0.393 e. The van der Waals surface area contributed by atoms with E-state index in [-0.39, 0.29) is 12.0 Å². The van der Waals surface area contributed by atoms with Crippen molar-refractivity contribution in [3.8, 4) is 0 Å². The summed E-state index contributed by atoms with van der Waals surface area (Å²) in [6.07, 6.45) is 7.41. The fourth-order valence-corrected chi connectivity index (χ4v) is 3.28. The van der Waals surface area contributed by atoms with Gasteiger partial charge in [0.25, 0.3) is 0 Å². The first kappa shape index (κ1) is 15.2. The Morgan fingerprint density at radius 3 is 2.36 bits per heavy atom. The lowest BCUT2D eigenvalue weighted by molar-refractivity contribution is -0.134. The van der Waals surface area contributed by atoms with Crippen LogP contribution in [0.5, 0.6) is 0 Å². The van der Waals surface area contributed by atoms with Crippen LogP contribution in [0.4, 0.5) is 5.95 Å². The second kappa shape index (κ2) is 7.05. The molecule has 3 rings (SSSR count). The normalized spacial score (nSPS) is 21.1. The van der Waals surface area contributed by atoms with Crippen molar-refractivity contribution >= 4 is 11.9 Å². The van der Waals surface area contributed by atoms with Crippen LogP contribution in [0.2, 0.25) is 0 Å². The van der Waals surface area contributed by atoms with E-state index in [0.29, 0.717) is 25.4 Å². The van der Waals surface area contributed by atoms with E-state index in [1.54, 1.807) is 12.4 Å². The van der Waals surface area contributed by atoms with Crippen molar-refractivity contribution in [2.45, 2.75) is 38.2 Å². The molecular weight excluding hydrogens is 280 g/mol. The molecule has 0 radical (unpaired) electrons. The number of aliphatic hydroxyl groups excluding tert-OH is 1. The minimum atomic E-state index is -0.224. The molecule has 2 aliphatic rings. The maximum absolute atomic E-state index is 12.3. The van der Waals surface area contributed by atoms with Crippen molar-refractivity contribution in [1.29, 1.82) is 0 Å². The maximum Gasteiger partial charge on any atom is 0.225 e. The second-order valence-electron chi connectivity index (χ2n) is 6.30. The zero-order valence-electron chi connectivity index (χ0n) is 12.9. The Kier molecular flexibility index (Phi) is 4.87. The van der Waals surface area contributed by atoms with Crippen LogP contribution in [0.15, 0.2) is 18.5 Å². The van der Waals surface area contributed by atoms with Crippen LogP contribution < -0.4 is 4.90 Å². The van der Waals surface area contributed by atoms with Gasteiger partial charge in [-0.15, -0.1) is 0 Å². The van der Waals surface area contributed by atoms with Crippen molar-refractivity contribution < 1.29 is 9.90 Å². The number of amides is 1. The predicted molar refractivity (Wildman–Crippen MR) is 83.4 cm³/mol. The number of nitrogens with zero attached hydrogens (tertiary/aromatic N) is 4. The van der Waals surface area contributed by atoms with Crippen LogP contribution in [-0.4, -0.2) is 58.2 Å². The first-order chi connectivity index (χ1) is 10.7. The van der Waals surface area contributed by atoms with Gasteiger partial charge in [-0.2, -0.15) is 0 Å². The van der Waals surface area contributed by atoms with Gasteiger partial charge in [0.2, 0.25) is 11.9 Å². The second-order valence-corrected chi connectivity index (χ2v) is 6.30. The lowest BCUT2D eigenvalue weighted by atomic mass is 9.92. The van der Waals surface area contributed by atoms with Gasteiger partial charge < -0.3 is 14.9 Å². The van der Waals surface area contributed by atoms with Gasteiger partial charge in [-0.25, -0.2) is 9.97 Å². The number of aliphatic hydroxyl groups is 1. The van der Waals surface area contributed by atoms with Crippen LogP contribution in [0.3, 0.4) is 0 Å². The molecule has 1 N–H and O–H groups in total. The molecule has 0 aromatic carbocycles. The number of piperidine rings is 2. The molecule has 120 valence electrons. The molecule has 6 nitrogen and oxygen atoms in total. The molecule has 6 heteroatoms. The van der Waals surface area contributed by atoms with Gasteiger partial charge >= 0.3 is 0 Å². The summed E-state index contributed by atoms with van der Waals surface area (Å²) in [4.78, 5) is 25.0. The maximum atomic E-state index is 12.3. The number of aromatic nitrogens is 2. The van der Waals surface area contributed by atoms with Crippen LogP contribution in [0, 0.1) is 5.92 Å². The third-order valence-corrected chi connectivity index (χ3v) is 4.73. The van der Waals surface area contributed by atoms with Crippen LogP contribution >= 0.6 is 0 Å². The van der Waals surface area contributed by atoms with E-state index in [4.69, 9.17) is 0 Å². The Morgan fingerprint density at radius 1 is 1.09 bits per heavy atom. The molecule has 2 saturated heterocycles. The van der Waals surface area contributed by atoms with Crippen molar-refractivity contribution in [1.82, 2.24) is 14.9 Å². The molecule has 0 spiro atoms. The Bertz CT molecular complexity index is 480. The minimum Gasteiger partial charge on any atom is -0.393 e. The Labute approximate surface area is 131 Å². The quantitative estimate of drug-likeness (QED) is 0.904. The van der Waals surface area contributed by atoms with Crippen molar-refractivity contribution in [3.05, 3.63) is 18.5 Å². The average molecular weight is 304 g/mol. The van der Waals surface area contributed by atoms with Crippen molar-refractivity contribution in [2.75, 3.05) is 31.1 Å². The number of carbonyl (C=O) groups is 1. The third-order valence-electron chi connectivity index (χ3n) is 4.73. The number of rotatable bonds is 3. The summed E-state index contributed by atoms with van der Waals surface area (Å²) in [5.74, 6) is 1.50. The molecule has 0 aliphatic carbocycles. The zero-order chi connectivity index (χ0) is 15.4. The summed E-state index contributed by atoms with van der Waals surface area (Å²) in [7, 11) is 0. The van der Waals surface area contributed by atoms with E-state index in [1.807, 2.05) is 11.0 Å². The van der Waals surface area contributed by atoms with Crippen LogP contribution in [-0.2, 0) is 4.79 Å². The number of carbonyl (C=O) groups excluding carboxylic acids is 1. The van der Waals surface area contributed by atoms with Crippen molar-refractivity contribution in [2.24, 2.45) is 5.92 Å². The Hall–Kier alpha value is -1.69. The molecular formula is C16H24N4O2. The van der Waals surface area contributed by atoms with Gasteiger partial charge in [0, 0.05) is 45.0 Å². The van der Waals surface area contributed by atoms with Gasteiger partial charge in [-0.3, -0.25) is 4.79 Å². The monoisotopic (exact) mass is 304 g/mol. The highest BCUT2D eigenvalue weighted by atomic mass is 16.3. The molecule has 0 atom stereocenters. The zero-order valence-corrected chi connectivity index (χ0v) is 12.9. The summed E-state index contributed by atoms with van der Waals surface area (Å²) >= 11 is 0. The number of anilines is 1. The number of hydrogen-bond donors (Lipinski definition) is 1. The number of likely N-dealkylation sites (tertiary alicyclic amines) is 1. The lowest BCUT2D eigenvalue weighted by Gasteiger charge is -2.34. The van der Waals surface area contributed by atoms with E-state index in [9.17, 15) is 9.90 Å². The van der Waals surface area contributed by atoms with Gasteiger partial charge in [-0.05, 0) is 37.7 Å². The summed E-state index contributed by atoms with van der Waals surface area (Å²) < 4.78 is 0. The molecule has 0 unspecified atom stereocenters. The van der Waals surface area contributed by atoms with Crippen LogP contribution in [0.25, 0.3) is 0 Å². The smallest absolute Gasteiger partial charge is 0.225 e.